The van der Waals surface area contributed by atoms with Gasteiger partial charge in [0.1, 0.15) is 0 Å². The summed E-state index contributed by atoms with van der Waals surface area (Å²) >= 11 is 0. The molecule has 0 unspecified atom stereocenters. The number of hydrogen-bond donors (Lipinski definition) is 2. The van der Waals surface area contributed by atoms with Crippen LogP contribution in [0.3, 0.4) is 0 Å². The fourth-order valence-electron chi connectivity index (χ4n) is 2.91. The zero-order valence-electron chi connectivity index (χ0n) is 16.8. The number of anilines is 1. The van der Waals surface area contributed by atoms with E-state index in [1.54, 1.807) is 24.3 Å². The summed E-state index contributed by atoms with van der Waals surface area (Å²) in [6.07, 6.45) is 1.37. The molecule has 8 nitrogen and oxygen atoms in total. The van der Waals surface area contributed by atoms with Crippen LogP contribution >= 0.6 is 0 Å². The fraction of sp³-hybridized carbons (Fsp3) is 0.136. The van der Waals surface area contributed by atoms with Crippen LogP contribution in [-0.2, 0) is 9.59 Å². The number of rotatable bonds is 6. The van der Waals surface area contributed by atoms with E-state index in [1.165, 1.54) is 27.5 Å². The van der Waals surface area contributed by atoms with Gasteiger partial charge in [-0.15, -0.1) is 0 Å². The molecule has 0 aliphatic rings. The van der Waals surface area contributed by atoms with Crippen molar-refractivity contribution in [2.24, 2.45) is 5.10 Å². The van der Waals surface area contributed by atoms with Crippen molar-refractivity contribution in [1.29, 1.82) is 0 Å². The van der Waals surface area contributed by atoms with Gasteiger partial charge in [-0.3, -0.25) is 9.59 Å². The van der Waals surface area contributed by atoms with E-state index in [0.717, 1.165) is 10.8 Å². The van der Waals surface area contributed by atoms with Gasteiger partial charge in [0.15, 0.2) is 11.5 Å². The van der Waals surface area contributed by atoms with Gasteiger partial charge in [-0.2, -0.15) is 5.10 Å². The van der Waals surface area contributed by atoms with Gasteiger partial charge in [-0.1, -0.05) is 36.4 Å². The summed E-state index contributed by atoms with van der Waals surface area (Å²) in [4.78, 5) is 24.3. The van der Waals surface area contributed by atoms with Gasteiger partial charge >= 0.3 is 11.8 Å². The van der Waals surface area contributed by atoms with Gasteiger partial charge in [0.2, 0.25) is 5.75 Å². The second-order valence-electron chi connectivity index (χ2n) is 6.14. The number of hydrogen-bond acceptors (Lipinski definition) is 6. The van der Waals surface area contributed by atoms with Crippen LogP contribution in [0.5, 0.6) is 17.2 Å². The molecule has 0 fully saturated rings. The van der Waals surface area contributed by atoms with Crippen molar-refractivity contribution in [2.45, 2.75) is 0 Å². The Hall–Kier alpha value is -4.07. The monoisotopic (exact) mass is 407 g/mol. The van der Waals surface area contributed by atoms with E-state index < -0.39 is 11.8 Å². The molecule has 30 heavy (non-hydrogen) atoms. The molecule has 3 aromatic rings. The van der Waals surface area contributed by atoms with Crippen molar-refractivity contribution in [3.63, 3.8) is 0 Å². The molecule has 3 rings (SSSR count). The summed E-state index contributed by atoms with van der Waals surface area (Å²) in [5.41, 5.74) is 3.33. The Morgan fingerprint density at radius 3 is 2.20 bits per heavy atom. The molecule has 154 valence electrons. The lowest BCUT2D eigenvalue weighted by molar-refractivity contribution is -0.136. The summed E-state index contributed by atoms with van der Waals surface area (Å²) in [5, 5.41) is 8.23. The van der Waals surface area contributed by atoms with E-state index in [-0.39, 0.29) is 0 Å². The number of benzene rings is 3. The van der Waals surface area contributed by atoms with Crippen LogP contribution in [0.2, 0.25) is 0 Å². The van der Waals surface area contributed by atoms with Gasteiger partial charge < -0.3 is 19.5 Å². The van der Waals surface area contributed by atoms with E-state index in [9.17, 15) is 9.59 Å². The van der Waals surface area contributed by atoms with Gasteiger partial charge in [0.25, 0.3) is 0 Å². The molecular formula is C22H21N3O5. The molecule has 0 radical (unpaired) electrons. The van der Waals surface area contributed by atoms with E-state index in [0.29, 0.717) is 28.5 Å². The van der Waals surface area contributed by atoms with Crippen LogP contribution in [0.1, 0.15) is 5.56 Å². The lowest BCUT2D eigenvalue weighted by Crippen LogP contribution is -2.32. The molecule has 0 atom stereocenters. The molecule has 0 heterocycles. The molecule has 0 bridgehead atoms. The molecule has 0 aliphatic carbocycles. The minimum absolute atomic E-state index is 0.440. The molecule has 0 saturated heterocycles. The Bertz CT molecular complexity index is 1080. The predicted molar refractivity (Wildman–Crippen MR) is 114 cm³/mol. The molecular weight excluding hydrogens is 386 g/mol. The van der Waals surface area contributed by atoms with Crippen LogP contribution in [0, 0.1) is 0 Å². The third-order valence-electron chi connectivity index (χ3n) is 4.31. The molecule has 0 aliphatic heterocycles. The standard InChI is InChI=1S/C22H21N3O5/c1-28-18-11-14(12-19(29-2)20(18)30-3)13-23-25-22(27)21(26)24-17-10-6-8-15-7-4-5-9-16(15)17/h4-13H,1-3H3,(H,24,26)(H,25,27)/b23-13+. The Kier molecular flexibility index (Phi) is 6.49. The highest BCUT2D eigenvalue weighted by molar-refractivity contribution is 6.40. The molecule has 2 amide bonds. The topological polar surface area (TPSA) is 98.2 Å². The zero-order valence-corrected chi connectivity index (χ0v) is 16.8. The highest BCUT2D eigenvalue weighted by atomic mass is 16.5. The van der Waals surface area contributed by atoms with Crippen molar-refractivity contribution in [1.82, 2.24) is 5.43 Å². The summed E-state index contributed by atoms with van der Waals surface area (Å²) in [5.74, 6) is -0.396. The van der Waals surface area contributed by atoms with Gasteiger partial charge in [0, 0.05) is 16.6 Å². The first-order valence-electron chi connectivity index (χ1n) is 8.99. The van der Waals surface area contributed by atoms with Crippen molar-refractivity contribution < 1.29 is 23.8 Å². The van der Waals surface area contributed by atoms with Crippen molar-refractivity contribution in [3.05, 3.63) is 60.2 Å². The van der Waals surface area contributed by atoms with Crippen molar-refractivity contribution in [2.75, 3.05) is 26.6 Å². The number of amides is 2. The Morgan fingerprint density at radius 2 is 1.53 bits per heavy atom. The van der Waals surface area contributed by atoms with E-state index in [2.05, 4.69) is 15.8 Å². The molecule has 8 heteroatoms. The Labute approximate surface area is 173 Å². The highest BCUT2D eigenvalue weighted by Crippen LogP contribution is 2.37. The number of carbonyl (C=O) groups is 2. The van der Waals surface area contributed by atoms with Crippen LogP contribution in [0.4, 0.5) is 5.69 Å². The number of nitrogens with zero attached hydrogens (tertiary/aromatic N) is 1. The molecule has 0 aromatic heterocycles. The highest BCUT2D eigenvalue weighted by Gasteiger charge is 2.15. The first-order valence-corrected chi connectivity index (χ1v) is 8.99. The van der Waals surface area contributed by atoms with Gasteiger partial charge in [0.05, 0.1) is 27.5 Å². The summed E-state index contributed by atoms with van der Waals surface area (Å²) < 4.78 is 15.8. The molecule has 3 aromatic carbocycles. The maximum absolute atomic E-state index is 12.2. The van der Waals surface area contributed by atoms with Gasteiger partial charge in [-0.25, -0.2) is 5.43 Å². The van der Waals surface area contributed by atoms with Crippen molar-refractivity contribution >= 4 is 34.5 Å². The van der Waals surface area contributed by atoms with Crippen molar-refractivity contribution in [3.8, 4) is 17.2 Å². The number of methoxy groups -OCH3 is 3. The van der Waals surface area contributed by atoms with Crippen LogP contribution < -0.4 is 25.0 Å². The number of fused-ring (bicyclic) bond motifs is 1. The normalized spacial score (nSPS) is 10.6. The average Bonchev–Trinajstić information content (AvgIpc) is 2.78. The summed E-state index contributed by atoms with van der Waals surface area (Å²) in [6.45, 7) is 0. The molecule has 0 spiro atoms. The third kappa shape index (κ3) is 4.49. The summed E-state index contributed by atoms with van der Waals surface area (Å²) in [6, 6.07) is 16.3. The smallest absolute Gasteiger partial charge is 0.329 e. The fourth-order valence-corrected chi connectivity index (χ4v) is 2.91. The van der Waals surface area contributed by atoms with Crippen LogP contribution in [0.15, 0.2) is 59.7 Å². The second-order valence-corrected chi connectivity index (χ2v) is 6.14. The first kappa shape index (κ1) is 20.7. The number of ether oxygens (including phenoxy) is 3. The van der Waals surface area contributed by atoms with E-state index >= 15 is 0 Å². The summed E-state index contributed by atoms with van der Waals surface area (Å²) in [7, 11) is 4.50. The third-order valence-corrected chi connectivity index (χ3v) is 4.31. The molecule has 2 N–H and O–H groups in total. The lowest BCUT2D eigenvalue weighted by atomic mass is 10.1. The van der Waals surface area contributed by atoms with E-state index in [1.807, 2.05) is 30.3 Å². The number of nitrogens with one attached hydrogen (secondary N) is 2. The maximum Gasteiger partial charge on any atom is 0.329 e. The number of carbonyl (C=O) groups excluding carboxylic acids is 2. The maximum atomic E-state index is 12.2. The zero-order chi connectivity index (χ0) is 21.5. The first-order chi connectivity index (χ1) is 14.6. The average molecular weight is 407 g/mol. The molecule has 0 saturated carbocycles. The van der Waals surface area contributed by atoms with Crippen LogP contribution in [-0.4, -0.2) is 39.4 Å². The van der Waals surface area contributed by atoms with E-state index in [4.69, 9.17) is 14.2 Å². The Morgan fingerprint density at radius 1 is 0.867 bits per heavy atom. The quantitative estimate of drug-likeness (QED) is 0.372. The van der Waals surface area contributed by atoms with Gasteiger partial charge in [-0.05, 0) is 23.6 Å². The Balaban J connectivity index is 1.69. The largest absolute Gasteiger partial charge is 0.493 e. The van der Waals surface area contributed by atoms with Crippen LogP contribution in [0.25, 0.3) is 10.8 Å². The lowest BCUT2D eigenvalue weighted by Gasteiger charge is -2.12. The minimum atomic E-state index is -0.897. The SMILES string of the molecule is COc1cc(/C=N/NC(=O)C(=O)Nc2cccc3ccccc23)cc(OC)c1OC. The minimum Gasteiger partial charge on any atom is -0.493 e. The number of hydrazone groups is 1. The predicted octanol–water partition coefficient (Wildman–Crippen LogP) is 2.95. The second kappa shape index (κ2) is 9.42.